The molecular weight excluding hydrogens is 464 g/mol. The SMILES string of the molecule is CCCCCOc1cccc(C(=O)N=c2sc3cc(S(C)(=O)=O)ccc3n2CC(=O)OC)c1. The van der Waals surface area contributed by atoms with Crippen LogP contribution in [-0.4, -0.2) is 44.8 Å². The summed E-state index contributed by atoms with van der Waals surface area (Å²) in [5.74, 6) is -0.426. The number of unbranched alkanes of at least 4 members (excludes halogenated alkanes) is 2. The highest BCUT2D eigenvalue weighted by Gasteiger charge is 2.15. The second-order valence-electron chi connectivity index (χ2n) is 7.45. The minimum Gasteiger partial charge on any atom is -0.494 e. The van der Waals surface area contributed by atoms with Crippen LogP contribution in [-0.2, 0) is 25.9 Å². The number of benzene rings is 2. The molecular formula is C23H26N2O6S2. The van der Waals surface area contributed by atoms with Gasteiger partial charge in [-0.15, -0.1) is 0 Å². The molecule has 33 heavy (non-hydrogen) atoms. The topological polar surface area (TPSA) is 104 Å². The van der Waals surface area contributed by atoms with Gasteiger partial charge in [0.15, 0.2) is 14.6 Å². The molecule has 0 aliphatic carbocycles. The summed E-state index contributed by atoms with van der Waals surface area (Å²) in [6.45, 7) is 2.52. The third-order valence-electron chi connectivity index (χ3n) is 4.89. The van der Waals surface area contributed by atoms with Gasteiger partial charge in [0.2, 0.25) is 0 Å². The molecule has 0 spiro atoms. The van der Waals surface area contributed by atoms with E-state index < -0.39 is 21.7 Å². The average molecular weight is 491 g/mol. The molecule has 0 fully saturated rings. The molecule has 1 aromatic heterocycles. The molecule has 0 radical (unpaired) electrons. The second kappa shape index (κ2) is 10.8. The smallest absolute Gasteiger partial charge is 0.325 e. The lowest BCUT2D eigenvalue weighted by atomic mass is 10.2. The van der Waals surface area contributed by atoms with Crippen LogP contribution in [0.4, 0.5) is 0 Å². The zero-order valence-corrected chi connectivity index (χ0v) is 20.4. The van der Waals surface area contributed by atoms with Crippen molar-refractivity contribution < 1.29 is 27.5 Å². The highest BCUT2D eigenvalue weighted by molar-refractivity contribution is 7.90. The van der Waals surface area contributed by atoms with Crippen molar-refractivity contribution in [2.75, 3.05) is 20.0 Å². The van der Waals surface area contributed by atoms with Crippen LogP contribution in [0.5, 0.6) is 5.75 Å². The van der Waals surface area contributed by atoms with Crippen LogP contribution in [0.1, 0.15) is 36.5 Å². The van der Waals surface area contributed by atoms with Crippen molar-refractivity contribution >= 4 is 43.3 Å². The standard InChI is InChI=1S/C23H26N2O6S2/c1-4-5-6-12-31-17-9-7-8-16(13-17)22(27)24-23-25(15-21(26)30-2)19-11-10-18(33(3,28)29)14-20(19)32-23/h7-11,13-14H,4-6,12,15H2,1-3H3. The van der Waals surface area contributed by atoms with Gasteiger partial charge < -0.3 is 14.0 Å². The molecule has 0 atom stereocenters. The van der Waals surface area contributed by atoms with E-state index in [2.05, 4.69) is 11.9 Å². The molecule has 0 aliphatic heterocycles. The van der Waals surface area contributed by atoms with Crippen LogP contribution >= 0.6 is 11.3 Å². The van der Waals surface area contributed by atoms with Crippen LogP contribution in [0.25, 0.3) is 10.2 Å². The summed E-state index contributed by atoms with van der Waals surface area (Å²) in [5.41, 5.74) is 0.930. The van der Waals surface area contributed by atoms with E-state index in [0.29, 0.717) is 28.1 Å². The summed E-state index contributed by atoms with van der Waals surface area (Å²) in [6, 6.07) is 11.4. The number of rotatable bonds is 9. The van der Waals surface area contributed by atoms with Gasteiger partial charge in [-0.3, -0.25) is 9.59 Å². The lowest BCUT2D eigenvalue weighted by Gasteiger charge is -2.06. The Morgan fingerprint density at radius 2 is 1.91 bits per heavy atom. The van der Waals surface area contributed by atoms with Gasteiger partial charge in [-0.25, -0.2) is 8.42 Å². The van der Waals surface area contributed by atoms with Gasteiger partial charge in [-0.05, 0) is 42.8 Å². The highest BCUT2D eigenvalue weighted by Crippen LogP contribution is 2.22. The van der Waals surface area contributed by atoms with Crippen LogP contribution < -0.4 is 9.54 Å². The Labute approximate surface area is 196 Å². The van der Waals surface area contributed by atoms with Gasteiger partial charge >= 0.3 is 5.97 Å². The number of hydrogen-bond acceptors (Lipinski definition) is 7. The summed E-state index contributed by atoms with van der Waals surface area (Å²) >= 11 is 1.13. The highest BCUT2D eigenvalue weighted by atomic mass is 32.2. The zero-order valence-electron chi connectivity index (χ0n) is 18.7. The Balaban J connectivity index is 2.00. The molecule has 0 bridgehead atoms. The van der Waals surface area contributed by atoms with Crippen LogP contribution in [0.2, 0.25) is 0 Å². The Hall–Kier alpha value is -2.98. The van der Waals surface area contributed by atoms with Gasteiger partial charge in [0.1, 0.15) is 12.3 Å². The predicted molar refractivity (Wildman–Crippen MR) is 126 cm³/mol. The molecule has 0 saturated carbocycles. The number of aromatic nitrogens is 1. The van der Waals surface area contributed by atoms with Crippen LogP contribution in [0, 0.1) is 0 Å². The minimum atomic E-state index is -3.41. The number of nitrogens with zero attached hydrogens (tertiary/aromatic N) is 2. The van der Waals surface area contributed by atoms with Crippen molar-refractivity contribution in [3.05, 3.63) is 52.8 Å². The molecule has 0 N–H and O–H groups in total. The molecule has 3 aromatic rings. The molecule has 176 valence electrons. The first-order chi connectivity index (χ1) is 15.7. The fourth-order valence-corrected chi connectivity index (χ4v) is 4.92. The largest absolute Gasteiger partial charge is 0.494 e. The first kappa shape index (κ1) is 24.7. The Kier molecular flexibility index (Phi) is 8.04. The van der Waals surface area contributed by atoms with Crippen molar-refractivity contribution in [1.82, 2.24) is 4.57 Å². The number of ether oxygens (including phenoxy) is 2. The van der Waals surface area contributed by atoms with E-state index in [-0.39, 0.29) is 16.2 Å². The van der Waals surface area contributed by atoms with Crippen molar-refractivity contribution in [3.8, 4) is 5.75 Å². The molecule has 1 heterocycles. The van der Waals surface area contributed by atoms with Gasteiger partial charge in [-0.2, -0.15) is 4.99 Å². The molecule has 0 saturated heterocycles. The van der Waals surface area contributed by atoms with E-state index in [0.717, 1.165) is 36.9 Å². The summed E-state index contributed by atoms with van der Waals surface area (Å²) in [7, 11) is -2.14. The van der Waals surface area contributed by atoms with Gasteiger partial charge in [0, 0.05) is 11.8 Å². The summed E-state index contributed by atoms with van der Waals surface area (Å²) in [5, 5.41) is 0. The third kappa shape index (κ3) is 6.29. The fourth-order valence-electron chi connectivity index (χ4n) is 3.13. The van der Waals surface area contributed by atoms with E-state index in [4.69, 9.17) is 9.47 Å². The van der Waals surface area contributed by atoms with E-state index in [1.807, 2.05) is 0 Å². The number of methoxy groups -OCH3 is 1. The summed E-state index contributed by atoms with van der Waals surface area (Å²) in [4.78, 5) is 29.5. The Morgan fingerprint density at radius 1 is 1.12 bits per heavy atom. The first-order valence-electron chi connectivity index (χ1n) is 10.4. The Morgan fingerprint density at radius 3 is 2.61 bits per heavy atom. The summed E-state index contributed by atoms with van der Waals surface area (Å²) in [6.07, 6.45) is 4.22. The number of fused-ring (bicyclic) bond motifs is 1. The predicted octanol–water partition coefficient (Wildman–Crippen LogP) is 3.59. The maximum absolute atomic E-state index is 12.9. The van der Waals surface area contributed by atoms with E-state index in [9.17, 15) is 18.0 Å². The lowest BCUT2D eigenvalue weighted by molar-refractivity contribution is -0.141. The van der Waals surface area contributed by atoms with E-state index in [1.165, 1.54) is 19.2 Å². The molecule has 0 unspecified atom stereocenters. The molecule has 8 nitrogen and oxygen atoms in total. The molecule has 2 aromatic carbocycles. The molecule has 10 heteroatoms. The molecule has 0 aliphatic rings. The number of amides is 1. The van der Waals surface area contributed by atoms with Crippen LogP contribution in [0.3, 0.4) is 0 Å². The molecule has 3 rings (SSSR count). The quantitative estimate of drug-likeness (QED) is 0.335. The van der Waals surface area contributed by atoms with Crippen molar-refractivity contribution in [3.63, 3.8) is 0 Å². The average Bonchev–Trinajstić information content (AvgIpc) is 3.12. The number of thiazole rings is 1. The van der Waals surface area contributed by atoms with Crippen molar-refractivity contribution in [1.29, 1.82) is 0 Å². The van der Waals surface area contributed by atoms with Crippen molar-refractivity contribution in [2.24, 2.45) is 4.99 Å². The maximum Gasteiger partial charge on any atom is 0.325 e. The second-order valence-corrected chi connectivity index (χ2v) is 10.5. The van der Waals surface area contributed by atoms with Crippen molar-refractivity contribution in [2.45, 2.75) is 37.6 Å². The van der Waals surface area contributed by atoms with Crippen LogP contribution in [0.15, 0.2) is 52.4 Å². The number of hydrogen-bond donors (Lipinski definition) is 0. The van der Waals surface area contributed by atoms with Gasteiger partial charge in [-0.1, -0.05) is 37.2 Å². The van der Waals surface area contributed by atoms with Gasteiger partial charge in [0.05, 0.1) is 28.8 Å². The fraction of sp³-hybridized carbons (Fsp3) is 0.348. The first-order valence-corrected chi connectivity index (χ1v) is 13.2. The maximum atomic E-state index is 12.9. The lowest BCUT2D eigenvalue weighted by Crippen LogP contribution is -2.22. The van der Waals surface area contributed by atoms with E-state index >= 15 is 0 Å². The number of esters is 1. The normalized spacial score (nSPS) is 12.2. The number of carbonyl (C=O) groups excluding carboxylic acids is 2. The van der Waals surface area contributed by atoms with Gasteiger partial charge in [0.25, 0.3) is 5.91 Å². The molecule has 1 amide bonds. The minimum absolute atomic E-state index is 0.146. The van der Waals surface area contributed by atoms with E-state index in [1.54, 1.807) is 34.9 Å². The Bertz CT molecular complexity index is 1340. The monoisotopic (exact) mass is 490 g/mol. The number of sulfone groups is 1. The third-order valence-corrected chi connectivity index (χ3v) is 7.04. The zero-order chi connectivity index (χ0) is 24.0. The summed E-state index contributed by atoms with van der Waals surface area (Å²) < 4.78 is 36.5. The number of carbonyl (C=O) groups is 2.